The Kier molecular flexibility index (Phi) is 4.69. The Morgan fingerprint density at radius 3 is 2.83 bits per heavy atom. The molecule has 30 heavy (non-hydrogen) atoms. The normalized spacial score (nSPS) is 14.0. The maximum absolute atomic E-state index is 10.3. The van der Waals surface area contributed by atoms with Crippen molar-refractivity contribution in [3.63, 3.8) is 0 Å². The van der Waals surface area contributed by atoms with E-state index in [1.807, 2.05) is 29.1 Å². The molecule has 152 valence electrons. The molecule has 0 saturated carbocycles. The van der Waals surface area contributed by atoms with Crippen LogP contribution in [-0.4, -0.2) is 41.6 Å². The number of phenolic OH excluding ortho intramolecular Hbond substituents is 2. The predicted octanol–water partition coefficient (Wildman–Crippen LogP) is 3.89. The van der Waals surface area contributed by atoms with Crippen LogP contribution in [0, 0.1) is 0 Å². The van der Waals surface area contributed by atoms with Crippen LogP contribution in [0.1, 0.15) is 16.8 Å². The van der Waals surface area contributed by atoms with Crippen molar-refractivity contribution >= 4 is 11.6 Å². The minimum atomic E-state index is -0.152. The maximum Gasteiger partial charge on any atom is 0.137 e. The summed E-state index contributed by atoms with van der Waals surface area (Å²) >= 11 is 6.06. The molecule has 3 N–H and O–H groups in total. The van der Waals surface area contributed by atoms with E-state index < -0.39 is 0 Å². The van der Waals surface area contributed by atoms with Gasteiger partial charge in [0.05, 0.1) is 10.7 Å². The number of H-pyrrole nitrogens is 1. The van der Waals surface area contributed by atoms with E-state index >= 15 is 0 Å². The van der Waals surface area contributed by atoms with Crippen molar-refractivity contribution in [1.29, 1.82) is 0 Å². The summed E-state index contributed by atoms with van der Waals surface area (Å²) in [5.74, 6) is -0.198. The number of benzene rings is 2. The van der Waals surface area contributed by atoms with Crippen molar-refractivity contribution in [2.75, 3.05) is 6.54 Å². The number of hydrogen-bond acceptors (Lipinski definition) is 5. The van der Waals surface area contributed by atoms with Gasteiger partial charge in [-0.15, -0.1) is 0 Å². The third-order valence-corrected chi connectivity index (χ3v) is 5.72. The lowest BCUT2D eigenvalue weighted by atomic mass is 9.99. The molecule has 7 nitrogen and oxygen atoms in total. The molecule has 1 aliphatic heterocycles. The monoisotopic (exact) mass is 421 g/mol. The molecule has 0 amide bonds. The van der Waals surface area contributed by atoms with E-state index in [0.717, 1.165) is 36.5 Å². The predicted molar refractivity (Wildman–Crippen MR) is 114 cm³/mol. The lowest BCUT2D eigenvalue weighted by molar-refractivity contribution is 0.245. The van der Waals surface area contributed by atoms with E-state index in [0.29, 0.717) is 17.8 Å². The third-order valence-electron chi connectivity index (χ3n) is 5.42. The Hall–Kier alpha value is -3.29. The number of halogens is 1. The number of phenols is 2. The average molecular weight is 422 g/mol. The highest BCUT2D eigenvalue weighted by Gasteiger charge is 2.25. The van der Waals surface area contributed by atoms with Crippen LogP contribution in [0.2, 0.25) is 5.02 Å². The highest BCUT2D eigenvalue weighted by atomic mass is 35.5. The van der Waals surface area contributed by atoms with E-state index in [9.17, 15) is 10.2 Å². The minimum absolute atomic E-state index is 0.0461. The van der Waals surface area contributed by atoms with Gasteiger partial charge in [-0.1, -0.05) is 23.7 Å². The van der Waals surface area contributed by atoms with Crippen molar-refractivity contribution in [3.8, 4) is 28.4 Å². The summed E-state index contributed by atoms with van der Waals surface area (Å²) in [5.41, 5.74) is 5.52. The van der Waals surface area contributed by atoms with Crippen molar-refractivity contribution in [1.82, 2.24) is 24.9 Å². The number of rotatable bonds is 4. The number of nitrogens with zero attached hydrogens (tertiary/aromatic N) is 4. The maximum atomic E-state index is 10.3. The molecule has 0 aliphatic carbocycles. The lowest BCUT2D eigenvalue weighted by Gasteiger charge is -2.27. The standard InChI is InChI=1S/C22H20ClN5O2/c23-18-10-16(20(29)11-21(18)30)22-17-13-27(8-5-19(17)25-26-22)12-14-3-1-4-15(9-14)28-7-2-6-24-28/h1-4,6-7,9-11,29-30H,5,8,12-13H2,(H,25,26). The van der Waals surface area contributed by atoms with E-state index in [4.69, 9.17) is 11.6 Å². The summed E-state index contributed by atoms with van der Waals surface area (Å²) in [6.45, 7) is 2.40. The first-order valence-electron chi connectivity index (χ1n) is 9.68. The number of aromatic hydroxyl groups is 2. The molecule has 3 heterocycles. The zero-order valence-electron chi connectivity index (χ0n) is 16.1. The second-order valence-electron chi connectivity index (χ2n) is 7.43. The topological polar surface area (TPSA) is 90.2 Å². The van der Waals surface area contributed by atoms with E-state index in [-0.39, 0.29) is 16.5 Å². The largest absolute Gasteiger partial charge is 0.507 e. The second-order valence-corrected chi connectivity index (χ2v) is 7.84. The van der Waals surface area contributed by atoms with E-state index in [2.05, 4.69) is 32.3 Å². The average Bonchev–Trinajstić information content (AvgIpc) is 3.41. The summed E-state index contributed by atoms with van der Waals surface area (Å²) in [4.78, 5) is 2.35. The van der Waals surface area contributed by atoms with Gasteiger partial charge in [-0.25, -0.2) is 4.68 Å². The first-order chi connectivity index (χ1) is 14.6. The smallest absolute Gasteiger partial charge is 0.137 e. The van der Waals surface area contributed by atoms with Gasteiger partial charge in [-0.05, 0) is 29.8 Å². The number of aromatic nitrogens is 4. The number of nitrogens with one attached hydrogen (secondary N) is 1. The van der Waals surface area contributed by atoms with Crippen LogP contribution < -0.4 is 0 Å². The fraction of sp³-hybridized carbons (Fsp3) is 0.182. The SMILES string of the molecule is Oc1cc(O)c(-c2n[nH]c3c2CN(Cc2cccc(-n4cccn4)c2)CC3)cc1Cl. The van der Waals surface area contributed by atoms with Crippen molar-refractivity contribution in [2.45, 2.75) is 19.5 Å². The molecule has 2 aromatic heterocycles. The summed E-state index contributed by atoms with van der Waals surface area (Å²) < 4.78 is 1.85. The third kappa shape index (κ3) is 3.42. The molecule has 0 saturated heterocycles. The highest BCUT2D eigenvalue weighted by molar-refractivity contribution is 6.32. The molecule has 0 bridgehead atoms. The van der Waals surface area contributed by atoms with Crippen LogP contribution in [0.15, 0.2) is 54.9 Å². The van der Waals surface area contributed by atoms with Gasteiger partial charge in [0.25, 0.3) is 0 Å². The van der Waals surface area contributed by atoms with Crippen molar-refractivity contribution in [3.05, 3.63) is 76.7 Å². The van der Waals surface area contributed by atoms with Crippen LogP contribution in [-0.2, 0) is 19.5 Å². The Balaban J connectivity index is 1.40. The Morgan fingerprint density at radius 2 is 2.00 bits per heavy atom. The van der Waals surface area contributed by atoms with Gasteiger partial charge in [0, 0.05) is 61.3 Å². The summed E-state index contributed by atoms with van der Waals surface area (Å²) in [6.07, 6.45) is 4.54. The molecule has 5 rings (SSSR count). The van der Waals surface area contributed by atoms with Gasteiger partial charge >= 0.3 is 0 Å². The molecule has 0 unspecified atom stereocenters. The van der Waals surface area contributed by atoms with Crippen LogP contribution in [0.3, 0.4) is 0 Å². The highest BCUT2D eigenvalue weighted by Crippen LogP contribution is 2.39. The number of hydrogen-bond donors (Lipinski definition) is 3. The first kappa shape index (κ1) is 18.7. The molecule has 4 aromatic rings. The van der Waals surface area contributed by atoms with Crippen molar-refractivity contribution in [2.24, 2.45) is 0 Å². The summed E-state index contributed by atoms with van der Waals surface area (Å²) in [6, 6.07) is 13.0. The zero-order valence-corrected chi connectivity index (χ0v) is 16.8. The molecular weight excluding hydrogens is 402 g/mol. The zero-order chi connectivity index (χ0) is 20.7. The quantitative estimate of drug-likeness (QED) is 0.465. The molecule has 0 radical (unpaired) electrons. The lowest BCUT2D eigenvalue weighted by Crippen LogP contribution is -2.30. The number of fused-ring (bicyclic) bond motifs is 1. The first-order valence-corrected chi connectivity index (χ1v) is 10.1. The van der Waals surface area contributed by atoms with Crippen LogP contribution in [0.5, 0.6) is 11.5 Å². The van der Waals surface area contributed by atoms with Crippen LogP contribution in [0.4, 0.5) is 0 Å². The van der Waals surface area contributed by atoms with Gasteiger partial charge in [-0.2, -0.15) is 10.2 Å². The summed E-state index contributed by atoms with van der Waals surface area (Å²) in [5, 5.41) is 32.0. The Labute approximate surface area is 178 Å². The van der Waals surface area contributed by atoms with Gasteiger partial charge in [-0.3, -0.25) is 10.00 Å². The fourth-order valence-corrected chi connectivity index (χ4v) is 4.09. The van der Waals surface area contributed by atoms with Gasteiger partial charge in [0.2, 0.25) is 0 Å². The second kappa shape index (κ2) is 7.51. The van der Waals surface area contributed by atoms with Gasteiger partial charge in [0.15, 0.2) is 0 Å². The molecule has 8 heteroatoms. The van der Waals surface area contributed by atoms with Gasteiger partial charge in [0.1, 0.15) is 17.2 Å². The van der Waals surface area contributed by atoms with Crippen LogP contribution in [0.25, 0.3) is 16.9 Å². The van der Waals surface area contributed by atoms with Crippen molar-refractivity contribution < 1.29 is 10.2 Å². The molecule has 0 atom stereocenters. The van der Waals surface area contributed by atoms with Crippen LogP contribution >= 0.6 is 11.6 Å². The number of aromatic amines is 1. The molecule has 1 aliphatic rings. The van der Waals surface area contributed by atoms with E-state index in [1.165, 1.54) is 11.6 Å². The minimum Gasteiger partial charge on any atom is -0.507 e. The molecule has 0 fully saturated rings. The van der Waals surface area contributed by atoms with E-state index in [1.54, 1.807) is 12.3 Å². The summed E-state index contributed by atoms with van der Waals surface area (Å²) in [7, 11) is 0. The molecule has 2 aromatic carbocycles. The Bertz CT molecular complexity index is 1200. The fourth-order valence-electron chi connectivity index (χ4n) is 3.93. The molecular formula is C22H20ClN5O2. The molecule has 0 spiro atoms. The Morgan fingerprint density at radius 1 is 1.10 bits per heavy atom. The van der Waals surface area contributed by atoms with Gasteiger partial charge < -0.3 is 10.2 Å².